The molecule has 0 spiro atoms. The Morgan fingerprint density at radius 1 is 1.53 bits per heavy atom. The van der Waals surface area contributed by atoms with E-state index in [2.05, 4.69) is 9.97 Å². The smallest absolute Gasteiger partial charge is 0.327 e. The van der Waals surface area contributed by atoms with Crippen LogP contribution in [0, 0.1) is 5.92 Å². The highest BCUT2D eigenvalue weighted by Gasteiger charge is 2.43. The van der Waals surface area contributed by atoms with Crippen LogP contribution >= 0.6 is 11.8 Å². The summed E-state index contributed by atoms with van der Waals surface area (Å²) in [6.07, 6.45) is 1.27. The minimum Gasteiger partial charge on any atom is -0.480 e. The molecule has 0 radical (unpaired) electrons. The number of aromatic nitrogens is 2. The van der Waals surface area contributed by atoms with Crippen molar-refractivity contribution >= 4 is 23.6 Å². The molecule has 1 aliphatic rings. The van der Waals surface area contributed by atoms with Crippen molar-refractivity contribution in [2.24, 2.45) is 5.92 Å². The van der Waals surface area contributed by atoms with Gasteiger partial charge in [0.2, 0.25) is 0 Å². The highest BCUT2D eigenvalue weighted by Crippen LogP contribution is 2.34. The van der Waals surface area contributed by atoms with Gasteiger partial charge in [0.15, 0.2) is 0 Å². The zero-order chi connectivity index (χ0) is 14.2. The number of aliphatic carboxylic acids is 1. The summed E-state index contributed by atoms with van der Waals surface area (Å²) in [4.78, 5) is 40.7. The molecule has 1 aromatic heterocycles. The first kappa shape index (κ1) is 13.7. The van der Waals surface area contributed by atoms with E-state index in [0.29, 0.717) is 5.75 Å². The lowest BCUT2D eigenvalue weighted by molar-refractivity contribution is -0.141. The lowest BCUT2D eigenvalue weighted by Crippen LogP contribution is -2.47. The molecule has 1 saturated heterocycles. The number of H-pyrrole nitrogens is 2. The van der Waals surface area contributed by atoms with Crippen LogP contribution in [0.3, 0.4) is 0 Å². The Balaban J connectivity index is 2.33. The normalized spacial score (nSPS) is 23.0. The quantitative estimate of drug-likeness (QED) is 0.742. The van der Waals surface area contributed by atoms with Crippen molar-refractivity contribution in [1.29, 1.82) is 0 Å². The van der Waals surface area contributed by atoms with Gasteiger partial charge in [-0.1, -0.05) is 13.8 Å². The number of nitrogens with zero attached hydrogens (tertiary/aromatic N) is 1. The third-order valence-corrected chi connectivity index (χ3v) is 4.57. The predicted molar refractivity (Wildman–Crippen MR) is 70.1 cm³/mol. The number of rotatable bonds is 3. The number of carboxylic acid groups (broad SMARTS) is 1. The Morgan fingerprint density at radius 3 is 2.68 bits per heavy atom. The average molecular weight is 285 g/mol. The zero-order valence-corrected chi connectivity index (χ0v) is 11.4. The second-order valence-corrected chi connectivity index (χ2v) is 5.84. The Bertz CT molecular complexity index is 550. The summed E-state index contributed by atoms with van der Waals surface area (Å²) in [7, 11) is 0. The number of imidazole rings is 1. The van der Waals surface area contributed by atoms with Crippen molar-refractivity contribution < 1.29 is 14.7 Å². The molecule has 2 rings (SSSR count). The molecule has 7 nitrogen and oxygen atoms in total. The first-order chi connectivity index (χ1) is 8.91. The molecule has 0 aromatic carbocycles. The molecular formula is C11H15N3O4S. The molecule has 8 heteroatoms. The summed E-state index contributed by atoms with van der Waals surface area (Å²) < 4.78 is 0. The second kappa shape index (κ2) is 5.12. The maximum absolute atomic E-state index is 12.3. The molecule has 2 unspecified atom stereocenters. The van der Waals surface area contributed by atoms with Crippen LogP contribution in [-0.4, -0.2) is 49.0 Å². The maximum Gasteiger partial charge on any atom is 0.327 e. The van der Waals surface area contributed by atoms with Gasteiger partial charge in [0.25, 0.3) is 5.91 Å². The van der Waals surface area contributed by atoms with Gasteiger partial charge in [0.1, 0.15) is 11.7 Å². The van der Waals surface area contributed by atoms with Gasteiger partial charge in [-0.3, -0.25) is 4.79 Å². The van der Waals surface area contributed by atoms with Gasteiger partial charge < -0.3 is 20.0 Å². The fourth-order valence-electron chi connectivity index (χ4n) is 2.08. The minimum atomic E-state index is -1.03. The Hall–Kier alpha value is -1.70. The Kier molecular flexibility index (Phi) is 3.70. The number of thioether (sulfide) groups is 1. The van der Waals surface area contributed by atoms with Crippen molar-refractivity contribution in [3.8, 4) is 0 Å². The molecule has 2 atom stereocenters. The first-order valence-corrected chi connectivity index (χ1v) is 6.91. The van der Waals surface area contributed by atoms with Crippen LogP contribution < -0.4 is 5.69 Å². The number of hydrogen-bond donors (Lipinski definition) is 3. The topological polar surface area (TPSA) is 106 Å². The number of hydrogen-bond acceptors (Lipinski definition) is 4. The molecule has 3 N–H and O–H groups in total. The predicted octanol–water partition coefficient (Wildman–Crippen LogP) is 0.327. The Morgan fingerprint density at radius 2 is 2.21 bits per heavy atom. The van der Waals surface area contributed by atoms with Crippen molar-refractivity contribution in [3.05, 3.63) is 22.4 Å². The van der Waals surface area contributed by atoms with Crippen molar-refractivity contribution in [1.82, 2.24) is 14.9 Å². The van der Waals surface area contributed by atoms with E-state index in [1.54, 1.807) is 0 Å². The number of carbonyl (C=O) groups is 2. The number of nitrogens with one attached hydrogen (secondary N) is 2. The monoisotopic (exact) mass is 285 g/mol. The van der Waals surface area contributed by atoms with E-state index in [4.69, 9.17) is 0 Å². The van der Waals surface area contributed by atoms with Crippen LogP contribution in [0.15, 0.2) is 11.0 Å². The van der Waals surface area contributed by atoms with Gasteiger partial charge in [0, 0.05) is 11.9 Å². The number of carboxylic acids is 1. The van der Waals surface area contributed by atoms with Gasteiger partial charge in [-0.05, 0) is 5.92 Å². The Labute approximate surface area is 113 Å². The van der Waals surface area contributed by atoms with Gasteiger partial charge in [-0.25, -0.2) is 9.59 Å². The van der Waals surface area contributed by atoms with Crippen LogP contribution in [0.5, 0.6) is 0 Å². The van der Waals surface area contributed by atoms with Crippen LogP contribution in [0.1, 0.15) is 24.3 Å². The van der Waals surface area contributed by atoms with E-state index in [9.17, 15) is 19.5 Å². The fraction of sp³-hybridized carbons (Fsp3) is 0.545. The number of amides is 1. The maximum atomic E-state index is 12.3. The minimum absolute atomic E-state index is 0.0874. The van der Waals surface area contributed by atoms with Crippen LogP contribution in [0.4, 0.5) is 0 Å². The van der Waals surface area contributed by atoms with Gasteiger partial charge >= 0.3 is 11.7 Å². The third-order valence-electron chi connectivity index (χ3n) is 2.95. The average Bonchev–Trinajstić information content (AvgIpc) is 2.93. The molecule has 1 aromatic rings. The third kappa shape index (κ3) is 2.53. The largest absolute Gasteiger partial charge is 0.480 e. The van der Waals surface area contributed by atoms with Crippen LogP contribution in [0.25, 0.3) is 0 Å². The summed E-state index contributed by atoms with van der Waals surface area (Å²) in [6, 6.07) is -0.858. The summed E-state index contributed by atoms with van der Waals surface area (Å²) >= 11 is 1.45. The molecular weight excluding hydrogens is 270 g/mol. The highest BCUT2D eigenvalue weighted by molar-refractivity contribution is 8.00. The molecule has 1 fully saturated rings. The molecule has 0 aliphatic carbocycles. The fourth-order valence-corrected chi connectivity index (χ4v) is 3.55. The van der Waals surface area contributed by atoms with Gasteiger partial charge in [-0.2, -0.15) is 0 Å². The molecule has 104 valence electrons. The van der Waals surface area contributed by atoms with Crippen molar-refractivity contribution in [3.63, 3.8) is 0 Å². The summed E-state index contributed by atoms with van der Waals surface area (Å²) in [6.45, 7) is 3.87. The van der Waals surface area contributed by atoms with E-state index in [-0.39, 0.29) is 17.0 Å². The molecule has 1 aliphatic heterocycles. The van der Waals surface area contributed by atoms with Gasteiger partial charge in [0.05, 0.1) is 5.37 Å². The SMILES string of the molecule is CC(C)C1SCC(C(=O)O)N1C(=O)c1c[nH]c(=O)[nH]1. The zero-order valence-electron chi connectivity index (χ0n) is 10.5. The van der Waals surface area contributed by atoms with Crippen molar-refractivity contribution in [2.75, 3.05) is 5.75 Å². The lowest BCUT2D eigenvalue weighted by atomic mass is 10.1. The summed E-state index contributed by atoms with van der Waals surface area (Å²) in [5, 5.41) is 9.00. The second-order valence-electron chi connectivity index (χ2n) is 4.69. The highest BCUT2D eigenvalue weighted by atomic mass is 32.2. The van der Waals surface area contributed by atoms with Gasteiger partial charge in [-0.15, -0.1) is 11.8 Å². The van der Waals surface area contributed by atoms with E-state index in [1.165, 1.54) is 22.9 Å². The number of carbonyl (C=O) groups excluding carboxylic acids is 1. The van der Waals surface area contributed by atoms with Crippen molar-refractivity contribution in [2.45, 2.75) is 25.3 Å². The molecule has 2 heterocycles. The molecule has 0 saturated carbocycles. The summed E-state index contributed by atoms with van der Waals surface area (Å²) in [5.41, 5.74) is -0.396. The summed E-state index contributed by atoms with van der Waals surface area (Å²) in [5.74, 6) is -1.00. The molecule has 1 amide bonds. The standard InChI is InChI=1S/C11H15N3O4S/c1-5(2)9-14(7(4-19-9)10(16)17)8(15)6-3-12-11(18)13-6/h3,5,7,9H,4H2,1-2H3,(H,16,17)(H2,12,13,18). The molecule has 0 bridgehead atoms. The molecule has 19 heavy (non-hydrogen) atoms. The first-order valence-electron chi connectivity index (χ1n) is 5.86. The van der Waals surface area contributed by atoms with E-state index < -0.39 is 23.6 Å². The van der Waals surface area contributed by atoms with Crippen LogP contribution in [0.2, 0.25) is 0 Å². The number of aromatic amines is 2. The van der Waals surface area contributed by atoms with E-state index >= 15 is 0 Å². The van der Waals surface area contributed by atoms with Crippen LogP contribution in [-0.2, 0) is 4.79 Å². The van der Waals surface area contributed by atoms with E-state index in [1.807, 2.05) is 13.8 Å². The van der Waals surface area contributed by atoms with E-state index in [0.717, 1.165) is 0 Å². The lowest BCUT2D eigenvalue weighted by Gasteiger charge is -2.29.